The molecule has 2 aromatic carbocycles. The Balaban J connectivity index is 2.23. The van der Waals surface area contributed by atoms with Crippen LogP contribution in [0.3, 0.4) is 0 Å². The summed E-state index contributed by atoms with van der Waals surface area (Å²) >= 11 is 0. The van der Waals surface area contributed by atoms with E-state index in [9.17, 15) is 14.9 Å². The standard InChI is InChI=1S/C17H17NO4/c1-3-16(19)15-10-14(18(20)21)8-9-17(15)22-11-13-6-4-12(2)5-7-13/h4-10H,3,11H2,1-2H3. The number of carbonyl (C=O) groups excluding carboxylic acids is 1. The summed E-state index contributed by atoms with van der Waals surface area (Å²) in [5.41, 5.74) is 2.27. The number of nitro benzene ring substituents is 1. The van der Waals surface area contributed by atoms with Crippen LogP contribution in [0.2, 0.25) is 0 Å². The highest BCUT2D eigenvalue weighted by Gasteiger charge is 2.16. The largest absolute Gasteiger partial charge is 0.488 e. The molecule has 5 heteroatoms. The van der Waals surface area contributed by atoms with Crippen molar-refractivity contribution in [1.29, 1.82) is 0 Å². The zero-order chi connectivity index (χ0) is 16.1. The maximum Gasteiger partial charge on any atom is 0.270 e. The first-order valence-electron chi connectivity index (χ1n) is 7.01. The third kappa shape index (κ3) is 3.69. The minimum atomic E-state index is -0.518. The smallest absolute Gasteiger partial charge is 0.270 e. The van der Waals surface area contributed by atoms with E-state index >= 15 is 0 Å². The van der Waals surface area contributed by atoms with Gasteiger partial charge in [0.25, 0.3) is 5.69 Å². The molecule has 0 amide bonds. The first kappa shape index (κ1) is 15.7. The van der Waals surface area contributed by atoms with E-state index < -0.39 is 4.92 Å². The van der Waals surface area contributed by atoms with E-state index in [4.69, 9.17) is 4.74 Å². The molecule has 114 valence electrons. The molecule has 5 nitrogen and oxygen atoms in total. The van der Waals surface area contributed by atoms with Gasteiger partial charge in [0.15, 0.2) is 5.78 Å². The zero-order valence-corrected chi connectivity index (χ0v) is 12.5. The fourth-order valence-electron chi connectivity index (χ4n) is 2.01. The highest BCUT2D eigenvalue weighted by molar-refractivity contribution is 5.99. The first-order valence-corrected chi connectivity index (χ1v) is 7.01. The van der Waals surface area contributed by atoms with Crippen molar-refractivity contribution in [3.05, 3.63) is 69.3 Å². The Morgan fingerprint density at radius 3 is 2.45 bits per heavy atom. The monoisotopic (exact) mass is 299 g/mol. The maximum atomic E-state index is 12.0. The van der Waals surface area contributed by atoms with E-state index in [-0.39, 0.29) is 23.5 Å². The van der Waals surface area contributed by atoms with Crippen molar-refractivity contribution in [3.63, 3.8) is 0 Å². The lowest BCUT2D eigenvalue weighted by molar-refractivity contribution is -0.384. The molecule has 0 fully saturated rings. The second-order valence-electron chi connectivity index (χ2n) is 4.99. The number of aryl methyl sites for hydroxylation is 1. The van der Waals surface area contributed by atoms with Gasteiger partial charge in [-0.15, -0.1) is 0 Å². The number of nitrogens with zero attached hydrogens (tertiary/aromatic N) is 1. The molecule has 0 aliphatic carbocycles. The van der Waals surface area contributed by atoms with Crippen LogP contribution in [0.25, 0.3) is 0 Å². The number of hydrogen-bond acceptors (Lipinski definition) is 4. The molecule has 0 atom stereocenters. The van der Waals surface area contributed by atoms with E-state index in [0.717, 1.165) is 11.1 Å². The number of benzene rings is 2. The van der Waals surface area contributed by atoms with E-state index in [1.54, 1.807) is 6.92 Å². The van der Waals surface area contributed by atoms with Crippen molar-refractivity contribution in [1.82, 2.24) is 0 Å². The Bertz CT molecular complexity index is 692. The Morgan fingerprint density at radius 1 is 1.18 bits per heavy atom. The zero-order valence-electron chi connectivity index (χ0n) is 12.5. The second-order valence-corrected chi connectivity index (χ2v) is 4.99. The molecule has 0 unspecified atom stereocenters. The highest BCUT2D eigenvalue weighted by atomic mass is 16.6. The van der Waals surface area contributed by atoms with Gasteiger partial charge in [0.2, 0.25) is 0 Å². The molecule has 0 aromatic heterocycles. The Kier molecular flexibility index (Phi) is 4.88. The molecule has 0 heterocycles. The van der Waals surface area contributed by atoms with Crippen molar-refractivity contribution in [2.24, 2.45) is 0 Å². The molecule has 0 N–H and O–H groups in total. The lowest BCUT2D eigenvalue weighted by atomic mass is 10.1. The molecular formula is C17H17NO4. The van der Waals surface area contributed by atoms with Crippen LogP contribution in [-0.2, 0) is 6.61 Å². The topological polar surface area (TPSA) is 69.4 Å². The molecule has 22 heavy (non-hydrogen) atoms. The number of hydrogen-bond donors (Lipinski definition) is 0. The lowest BCUT2D eigenvalue weighted by Gasteiger charge is -2.10. The fraction of sp³-hybridized carbons (Fsp3) is 0.235. The Hall–Kier alpha value is -2.69. The lowest BCUT2D eigenvalue weighted by Crippen LogP contribution is -2.04. The van der Waals surface area contributed by atoms with Crippen molar-refractivity contribution >= 4 is 11.5 Å². The number of carbonyl (C=O) groups is 1. The number of ketones is 1. The SMILES string of the molecule is CCC(=O)c1cc([N+](=O)[O-])ccc1OCc1ccc(C)cc1. The van der Waals surface area contributed by atoms with Gasteiger partial charge in [0, 0.05) is 18.6 Å². The van der Waals surface area contributed by atoms with Gasteiger partial charge in [0.1, 0.15) is 12.4 Å². The predicted octanol–water partition coefficient (Wildman–Crippen LogP) is 4.07. The van der Waals surface area contributed by atoms with Crippen LogP contribution >= 0.6 is 0 Å². The molecule has 0 bridgehead atoms. The third-order valence-electron chi connectivity index (χ3n) is 3.31. The van der Waals surface area contributed by atoms with Crippen LogP contribution in [0.4, 0.5) is 5.69 Å². The summed E-state index contributed by atoms with van der Waals surface area (Å²) in [7, 11) is 0. The molecule has 0 aliphatic rings. The number of non-ortho nitro benzene ring substituents is 1. The Labute approximate surface area is 128 Å². The van der Waals surface area contributed by atoms with Crippen molar-refractivity contribution < 1.29 is 14.5 Å². The molecule has 0 aliphatic heterocycles. The minimum absolute atomic E-state index is 0.112. The van der Waals surface area contributed by atoms with E-state index in [0.29, 0.717) is 12.4 Å². The number of nitro groups is 1. The number of rotatable bonds is 6. The van der Waals surface area contributed by atoms with Gasteiger partial charge in [-0.25, -0.2) is 0 Å². The van der Waals surface area contributed by atoms with E-state index in [1.165, 1.54) is 18.2 Å². The van der Waals surface area contributed by atoms with Crippen LogP contribution in [-0.4, -0.2) is 10.7 Å². The van der Waals surface area contributed by atoms with Crippen molar-refractivity contribution in [2.45, 2.75) is 26.9 Å². The summed E-state index contributed by atoms with van der Waals surface area (Å²) in [5, 5.41) is 10.8. The number of ether oxygens (including phenoxy) is 1. The third-order valence-corrected chi connectivity index (χ3v) is 3.31. The van der Waals surface area contributed by atoms with Crippen molar-refractivity contribution in [3.8, 4) is 5.75 Å². The molecule has 0 saturated heterocycles. The Morgan fingerprint density at radius 2 is 1.86 bits per heavy atom. The van der Waals surface area contributed by atoms with E-state index in [2.05, 4.69) is 0 Å². The molecule has 0 radical (unpaired) electrons. The summed E-state index contributed by atoms with van der Waals surface area (Å²) in [6, 6.07) is 12.0. The maximum absolute atomic E-state index is 12.0. The van der Waals surface area contributed by atoms with Crippen LogP contribution in [0.5, 0.6) is 5.75 Å². The quantitative estimate of drug-likeness (QED) is 0.458. The minimum Gasteiger partial charge on any atom is -0.488 e. The van der Waals surface area contributed by atoms with Crippen LogP contribution in [0, 0.1) is 17.0 Å². The average Bonchev–Trinajstić information content (AvgIpc) is 2.53. The van der Waals surface area contributed by atoms with Gasteiger partial charge < -0.3 is 4.74 Å². The van der Waals surface area contributed by atoms with E-state index in [1.807, 2.05) is 31.2 Å². The number of Topliss-reactive ketones (excluding diaryl/α,β-unsaturated/α-hetero) is 1. The van der Waals surface area contributed by atoms with Crippen LogP contribution in [0.15, 0.2) is 42.5 Å². The summed E-state index contributed by atoms with van der Waals surface area (Å²) < 4.78 is 5.68. The van der Waals surface area contributed by atoms with Gasteiger partial charge in [-0.2, -0.15) is 0 Å². The molecule has 0 saturated carbocycles. The van der Waals surface area contributed by atoms with Gasteiger partial charge in [0.05, 0.1) is 10.5 Å². The second kappa shape index (κ2) is 6.85. The fourth-order valence-corrected chi connectivity index (χ4v) is 2.01. The normalized spacial score (nSPS) is 10.3. The summed E-state index contributed by atoms with van der Waals surface area (Å²) in [6.07, 6.45) is 0.266. The molecule has 2 aromatic rings. The molecule has 2 rings (SSSR count). The highest BCUT2D eigenvalue weighted by Crippen LogP contribution is 2.26. The van der Waals surface area contributed by atoms with Crippen molar-refractivity contribution in [2.75, 3.05) is 0 Å². The van der Waals surface area contributed by atoms with Crippen LogP contribution in [0.1, 0.15) is 34.8 Å². The molecular weight excluding hydrogens is 282 g/mol. The first-order chi connectivity index (χ1) is 10.5. The van der Waals surface area contributed by atoms with Gasteiger partial charge in [-0.05, 0) is 18.6 Å². The summed E-state index contributed by atoms with van der Waals surface area (Å²) in [5.74, 6) is 0.195. The average molecular weight is 299 g/mol. The molecule has 0 spiro atoms. The van der Waals surface area contributed by atoms with Gasteiger partial charge >= 0.3 is 0 Å². The van der Waals surface area contributed by atoms with Gasteiger partial charge in [-0.1, -0.05) is 36.8 Å². The van der Waals surface area contributed by atoms with Gasteiger partial charge in [-0.3, -0.25) is 14.9 Å². The summed E-state index contributed by atoms with van der Waals surface area (Å²) in [6.45, 7) is 4.02. The van der Waals surface area contributed by atoms with Crippen LogP contribution < -0.4 is 4.74 Å². The summed E-state index contributed by atoms with van der Waals surface area (Å²) in [4.78, 5) is 22.3. The predicted molar refractivity (Wildman–Crippen MR) is 83.2 cm³/mol.